The summed E-state index contributed by atoms with van der Waals surface area (Å²) in [6.45, 7) is 0.446. The fourth-order valence-corrected chi connectivity index (χ4v) is 3.08. The average molecular weight is 154 g/mol. The Morgan fingerprint density at radius 3 is 2.64 bits per heavy atom. The molecule has 1 N–H and O–H groups in total. The molecule has 0 unspecified atom stereocenters. The zero-order valence-electron chi connectivity index (χ0n) is 7.13. The first-order chi connectivity index (χ1) is 5.42. The van der Waals surface area contributed by atoms with Crippen LogP contribution in [0.3, 0.4) is 0 Å². The smallest absolute Gasteiger partial charge is 0.0462 e. The van der Waals surface area contributed by atoms with E-state index in [9.17, 15) is 0 Å². The highest BCUT2D eigenvalue weighted by Gasteiger charge is 2.36. The lowest BCUT2D eigenvalue weighted by Gasteiger charge is -2.28. The van der Waals surface area contributed by atoms with E-state index in [0.29, 0.717) is 12.5 Å². The Kier molecular flexibility index (Phi) is 2.17. The van der Waals surface area contributed by atoms with Gasteiger partial charge >= 0.3 is 0 Å². The van der Waals surface area contributed by atoms with Crippen LogP contribution in [0.1, 0.15) is 38.5 Å². The molecule has 2 rings (SSSR count). The Bertz CT molecular complexity index is 127. The average Bonchev–Trinajstić information content (AvgIpc) is 2.47. The molecule has 0 aliphatic heterocycles. The van der Waals surface area contributed by atoms with E-state index in [4.69, 9.17) is 5.11 Å². The van der Waals surface area contributed by atoms with Gasteiger partial charge < -0.3 is 5.11 Å². The summed E-state index contributed by atoms with van der Waals surface area (Å²) in [5, 5.41) is 9.10. The Labute approximate surface area is 68.8 Å². The Morgan fingerprint density at radius 2 is 1.82 bits per heavy atom. The third-order valence-corrected chi connectivity index (χ3v) is 3.72. The third kappa shape index (κ3) is 1.31. The van der Waals surface area contributed by atoms with Crippen LogP contribution in [0.4, 0.5) is 0 Å². The Balaban J connectivity index is 1.98. The normalized spacial score (nSPS) is 43.9. The number of rotatable bonds is 1. The van der Waals surface area contributed by atoms with Gasteiger partial charge in [-0.05, 0) is 37.0 Å². The molecule has 0 amide bonds. The van der Waals surface area contributed by atoms with Gasteiger partial charge in [-0.25, -0.2) is 0 Å². The maximum absolute atomic E-state index is 9.10. The third-order valence-electron chi connectivity index (χ3n) is 3.72. The molecular formula is C10H18O. The van der Waals surface area contributed by atoms with Crippen LogP contribution in [0, 0.1) is 17.8 Å². The van der Waals surface area contributed by atoms with Crippen molar-refractivity contribution in [3.8, 4) is 0 Å². The summed E-state index contributed by atoms with van der Waals surface area (Å²) in [6.07, 6.45) is 8.40. The summed E-state index contributed by atoms with van der Waals surface area (Å²) in [4.78, 5) is 0. The summed E-state index contributed by atoms with van der Waals surface area (Å²) in [7, 11) is 0. The van der Waals surface area contributed by atoms with Gasteiger partial charge in [-0.3, -0.25) is 0 Å². The van der Waals surface area contributed by atoms with Gasteiger partial charge in [0.1, 0.15) is 0 Å². The molecule has 64 valence electrons. The van der Waals surface area contributed by atoms with E-state index in [1.807, 2.05) is 0 Å². The summed E-state index contributed by atoms with van der Waals surface area (Å²) < 4.78 is 0. The summed E-state index contributed by atoms with van der Waals surface area (Å²) in [5.41, 5.74) is 0. The molecular weight excluding hydrogens is 136 g/mol. The first-order valence-electron chi connectivity index (χ1n) is 5.02. The minimum atomic E-state index is 0.446. The predicted octanol–water partition coefficient (Wildman–Crippen LogP) is 2.20. The largest absolute Gasteiger partial charge is 0.396 e. The molecule has 0 bridgehead atoms. The van der Waals surface area contributed by atoms with Crippen molar-refractivity contribution in [2.24, 2.45) is 17.8 Å². The molecule has 0 aromatic carbocycles. The second-order valence-corrected chi connectivity index (χ2v) is 4.23. The van der Waals surface area contributed by atoms with Gasteiger partial charge in [0.25, 0.3) is 0 Å². The van der Waals surface area contributed by atoms with Gasteiger partial charge in [0.2, 0.25) is 0 Å². The summed E-state index contributed by atoms with van der Waals surface area (Å²) in [6, 6.07) is 0. The van der Waals surface area contributed by atoms with Crippen LogP contribution in [0.5, 0.6) is 0 Å². The Hall–Kier alpha value is -0.0400. The van der Waals surface area contributed by atoms with Crippen molar-refractivity contribution in [2.45, 2.75) is 38.5 Å². The topological polar surface area (TPSA) is 20.2 Å². The van der Waals surface area contributed by atoms with Gasteiger partial charge in [0.05, 0.1) is 0 Å². The number of hydrogen-bond acceptors (Lipinski definition) is 1. The minimum absolute atomic E-state index is 0.446. The van der Waals surface area contributed by atoms with Gasteiger partial charge in [0.15, 0.2) is 0 Å². The van der Waals surface area contributed by atoms with Crippen LogP contribution in [-0.4, -0.2) is 11.7 Å². The van der Waals surface area contributed by atoms with Crippen molar-refractivity contribution in [3.63, 3.8) is 0 Å². The van der Waals surface area contributed by atoms with Gasteiger partial charge in [0, 0.05) is 6.61 Å². The molecule has 0 radical (unpaired) electrons. The van der Waals surface area contributed by atoms with Crippen LogP contribution in [0.15, 0.2) is 0 Å². The second kappa shape index (κ2) is 3.14. The number of hydrogen-bond donors (Lipinski definition) is 1. The fraction of sp³-hybridized carbons (Fsp3) is 1.00. The molecule has 1 heteroatoms. The van der Waals surface area contributed by atoms with Crippen LogP contribution < -0.4 is 0 Å². The van der Waals surface area contributed by atoms with E-state index < -0.39 is 0 Å². The van der Waals surface area contributed by atoms with Crippen LogP contribution in [-0.2, 0) is 0 Å². The molecule has 0 aromatic rings. The standard InChI is InChI=1S/C10H18O/c11-7-9-6-5-8-3-1-2-4-10(8)9/h8-11H,1-7H2/t8-,9-,10+/m0/s1. The predicted molar refractivity (Wildman–Crippen MR) is 45.3 cm³/mol. The maximum atomic E-state index is 9.10. The van der Waals surface area contributed by atoms with Gasteiger partial charge in [-0.2, -0.15) is 0 Å². The van der Waals surface area contributed by atoms with Crippen molar-refractivity contribution in [2.75, 3.05) is 6.61 Å². The molecule has 0 heterocycles. The van der Waals surface area contributed by atoms with Crippen molar-refractivity contribution < 1.29 is 5.11 Å². The molecule has 0 aromatic heterocycles. The van der Waals surface area contributed by atoms with Crippen molar-refractivity contribution in [3.05, 3.63) is 0 Å². The molecule has 2 fully saturated rings. The van der Waals surface area contributed by atoms with E-state index in [2.05, 4.69) is 0 Å². The quantitative estimate of drug-likeness (QED) is 0.614. The van der Waals surface area contributed by atoms with Crippen molar-refractivity contribution >= 4 is 0 Å². The molecule has 11 heavy (non-hydrogen) atoms. The first-order valence-corrected chi connectivity index (χ1v) is 5.02. The summed E-state index contributed by atoms with van der Waals surface area (Å²) >= 11 is 0. The van der Waals surface area contributed by atoms with E-state index in [-0.39, 0.29) is 0 Å². The first kappa shape index (κ1) is 7.60. The monoisotopic (exact) mass is 154 g/mol. The van der Waals surface area contributed by atoms with Crippen molar-refractivity contribution in [1.29, 1.82) is 0 Å². The SMILES string of the molecule is OC[C@@H]1CC[C@@H]2CCCC[C@H]21. The van der Waals surface area contributed by atoms with Crippen LogP contribution >= 0.6 is 0 Å². The molecule has 2 saturated carbocycles. The highest BCUT2D eigenvalue weighted by Crippen LogP contribution is 2.45. The lowest BCUT2D eigenvalue weighted by molar-refractivity contribution is 0.152. The van der Waals surface area contributed by atoms with E-state index in [1.54, 1.807) is 0 Å². The van der Waals surface area contributed by atoms with E-state index in [0.717, 1.165) is 11.8 Å². The van der Waals surface area contributed by atoms with Crippen molar-refractivity contribution in [1.82, 2.24) is 0 Å². The van der Waals surface area contributed by atoms with E-state index in [1.165, 1.54) is 38.5 Å². The van der Waals surface area contributed by atoms with Crippen LogP contribution in [0.25, 0.3) is 0 Å². The number of aliphatic hydroxyl groups excluding tert-OH is 1. The zero-order chi connectivity index (χ0) is 7.68. The molecule has 1 nitrogen and oxygen atoms in total. The molecule has 3 atom stereocenters. The van der Waals surface area contributed by atoms with Crippen LogP contribution in [0.2, 0.25) is 0 Å². The van der Waals surface area contributed by atoms with E-state index >= 15 is 0 Å². The maximum Gasteiger partial charge on any atom is 0.0462 e. The lowest BCUT2D eigenvalue weighted by Crippen LogP contribution is -2.21. The fourth-order valence-electron chi connectivity index (χ4n) is 3.08. The van der Waals surface area contributed by atoms with Gasteiger partial charge in [-0.1, -0.05) is 19.3 Å². The molecule has 0 spiro atoms. The molecule has 2 aliphatic rings. The number of fused-ring (bicyclic) bond motifs is 1. The highest BCUT2D eigenvalue weighted by atomic mass is 16.3. The minimum Gasteiger partial charge on any atom is -0.396 e. The molecule has 0 saturated heterocycles. The Morgan fingerprint density at radius 1 is 1.00 bits per heavy atom. The highest BCUT2D eigenvalue weighted by molar-refractivity contribution is 4.86. The number of aliphatic hydroxyl groups is 1. The molecule has 2 aliphatic carbocycles. The summed E-state index contributed by atoms with van der Waals surface area (Å²) in [5.74, 6) is 2.55. The second-order valence-electron chi connectivity index (χ2n) is 4.23. The lowest BCUT2D eigenvalue weighted by atomic mass is 9.78. The zero-order valence-corrected chi connectivity index (χ0v) is 7.13. The van der Waals surface area contributed by atoms with Gasteiger partial charge in [-0.15, -0.1) is 0 Å².